The van der Waals surface area contributed by atoms with Crippen molar-refractivity contribution in [1.82, 2.24) is 5.32 Å². The Kier molecular flexibility index (Phi) is 5.56. The summed E-state index contributed by atoms with van der Waals surface area (Å²) in [7, 11) is 0. The third-order valence-corrected chi connectivity index (χ3v) is 3.13. The Morgan fingerprint density at radius 1 is 1.22 bits per heavy atom. The van der Waals surface area contributed by atoms with E-state index in [0.717, 1.165) is 12.0 Å². The number of benzene rings is 1. The molecule has 0 saturated heterocycles. The van der Waals surface area contributed by atoms with Gasteiger partial charge in [0, 0.05) is 24.4 Å². The summed E-state index contributed by atoms with van der Waals surface area (Å²) < 4.78 is 0. The third kappa shape index (κ3) is 4.32. The van der Waals surface area contributed by atoms with Crippen molar-refractivity contribution >= 4 is 11.7 Å². The Morgan fingerprint density at radius 3 is 2.39 bits per heavy atom. The summed E-state index contributed by atoms with van der Waals surface area (Å²) >= 11 is 0. The maximum Gasteiger partial charge on any atom is 0.251 e. The van der Waals surface area contributed by atoms with Gasteiger partial charge in [0.25, 0.3) is 5.91 Å². The minimum atomic E-state index is -0.119. The summed E-state index contributed by atoms with van der Waals surface area (Å²) in [6.07, 6.45) is 1.26. The zero-order valence-electron chi connectivity index (χ0n) is 11.3. The first-order valence-corrected chi connectivity index (χ1v) is 6.42. The molecule has 1 aromatic carbocycles. The van der Waals surface area contributed by atoms with Gasteiger partial charge in [-0.05, 0) is 25.5 Å². The van der Waals surface area contributed by atoms with Gasteiger partial charge in [-0.15, -0.1) is 0 Å². The Hall–Kier alpha value is -1.64. The molecule has 1 rings (SSSR count). The van der Waals surface area contributed by atoms with Crippen molar-refractivity contribution in [3.8, 4) is 0 Å². The normalized spacial score (nSPS) is 11.9. The van der Waals surface area contributed by atoms with Gasteiger partial charge < -0.3 is 5.32 Å². The lowest BCUT2D eigenvalue weighted by Crippen LogP contribution is -2.27. The van der Waals surface area contributed by atoms with Gasteiger partial charge in [-0.1, -0.05) is 31.5 Å². The van der Waals surface area contributed by atoms with Crippen LogP contribution in [0.25, 0.3) is 0 Å². The average Bonchev–Trinajstić information content (AvgIpc) is 2.38. The molecule has 18 heavy (non-hydrogen) atoms. The summed E-state index contributed by atoms with van der Waals surface area (Å²) in [6, 6.07) is 7.39. The quantitative estimate of drug-likeness (QED) is 0.840. The summed E-state index contributed by atoms with van der Waals surface area (Å²) in [4.78, 5) is 23.3. The van der Waals surface area contributed by atoms with Crippen LogP contribution in [-0.4, -0.2) is 18.2 Å². The first-order valence-electron chi connectivity index (χ1n) is 6.42. The van der Waals surface area contributed by atoms with Crippen molar-refractivity contribution in [1.29, 1.82) is 0 Å². The molecule has 0 heterocycles. The van der Waals surface area contributed by atoms with Crippen LogP contribution in [0, 0.1) is 12.8 Å². The van der Waals surface area contributed by atoms with Gasteiger partial charge in [-0.25, -0.2) is 0 Å². The van der Waals surface area contributed by atoms with Gasteiger partial charge in [-0.2, -0.15) is 0 Å². The fourth-order valence-corrected chi connectivity index (χ4v) is 1.58. The lowest BCUT2D eigenvalue weighted by molar-refractivity contribution is -0.122. The van der Waals surface area contributed by atoms with E-state index in [1.807, 2.05) is 32.9 Å². The van der Waals surface area contributed by atoms with Crippen molar-refractivity contribution in [2.75, 3.05) is 6.54 Å². The molecule has 0 bridgehead atoms. The SMILES string of the molecule is CCC(C)C(=O)CCNC(=O)c1ccc(C)cc1. The number of Topliss-reactive ketones (excluding diaryl/α,β-unsaturated/α-hetero) is 1. The number of amides is 1. The highest BCUT2D eigenvalue weighted by Gasteiger charge is 2.11. The predicted octanol–water partition coefficient (Wildman–Crippen LogP) is 2.73. The summed E-state index contributed by atoms with van der Waals surface area (Å²) in [6.45, 7) is 6.31. The van der Waals surface area contributed by atoms with E-state index in [4.69, 9.17) is 0 Å². The third-order valence-electron chi connectivity index (χ3n) is 3.13. The van der Waals surface area contributed by atoms with Crippen LogP contribution in [0.5, 0.6) is 0 Å². The second-order valence-corrected chi connectivity index (χ2v) is 4.65. The van der Waals surface area contributed by atoms with Crippen LogP contribution in [0.4, 0.5) is 0 Å². The van der Waals surface area contributed by atoms with Crippen LogP contribution in [0.3, 0.4) is 0 Å². The van der Waals surface area contributed by atoms with Gasteiger partial charge in [0.05, 0.1) is 0 Å². The van der Waals surface area contributed by atoms with E-state index in [2.05, 4.69) is 5.32 Å². The molecule has 1 aromatic rings. The number of carbonyl (C=O) groups is 2. The molecule has 0 radical (unpaired) electrons. The second kappa shape index (κ2) is 6.94. The summed E-state index contributed by atoms with van der Waals surface area (Å²) in [5, 5.41) is 2.77. The van der Waals surface area contributed by atoms with E-state index in [1.165, 1.54) is 0 Å². The minimum Gasteiger partial charge on any atom is -0.352 e. The molecule has 1 amide bonds. The Morgan fingerprint density at radius 2 is 1.83 bits per heavy atom. The predicted molar refractivity (Wildman–Crippen MR) is 72.6 cm³/mol. The molecule has 1 atom stereocenters. The standard InChI is InChI=1S/C15H21NO2/c1-4-12(3)14(17)9-10-16-15(18)13-7-5-11(2)6-8-13/h5-8,12H,4,9-10H2,1-3H3,(H,16,18). The van der Waals surface area contributed by atoms with E-state index >= 15 is 0 Å². The molecule has 98 valence electrons. The fourth-order valence-electron chi connectivity index (χ4n) is 1.58. The largest absolute Gasteiger partial charge is 0.352 e. The lowest BCUT2D eigenvalue weighted by Gasteiger charge is -2.08. The molecular weight excluding hydrogens is 226 g/mol. The van der Waals surface area contributed by atoms with E-state index in [9.17, 15) is 9.59 Å². The molecule has 3 nitrogen and oxygen atoms in total. The van der Waals surface area contributed by atoms with E-state index in [0.29, 0.717) is 18.5 Å². The monoisotopic (exact) mass is 247 g/mol. The molecule has 0 aliphatic carbocycles. The highest BCUT2D eigenvalue weighted by Crippen LogP contribution is 2.05. The van der Waals surface area contributed by atoms with Crippen molar-refractivity contribution in [2.24, 2.45) is 5.92 Å². The Bertz CT molecular complexity index is 409. The maximum atomic E-state index is 11.8. The molecule has 0 fully saturated rings. The molecular formula is C15H21NO2. The van der Waals surface area contributed by atoms with Crippen LogP contribution in [-0.2, 0) is 4.79 Å². The number of hydrogen-bond acceptors (Lipinski definition) is 2. The van der Waals surface area contributed by atoms with Gasteiger partial charge in [-0.3, -0.25) is 9.59 Å². The molecule has 1 unspecified atom stereocenters. The zero-order chi connectivity index (χ0) is 13.5. The minimum absolute atomic E-state index is 0.0845. The highest BCUT2D eigenvalue weighted by molar-refractivity contribution is 5.94. The average molecular weight is 247 g/mol. The number of rotatable bonds is 6. The van der Waals surface area contributed by atoms with Crippen LogP contribution in [0.15, 0.2) is 24.3 Å². The number of carbonyl (C=O) groups excluding carboxylic acids is 2. The van der Waals surface area contributed by atoms with Gasteiger partial charge >= 0.3 is 0 Å². The first-order chi connectivity index (χ1) is 8.54. The molecule has 0 aromatic heterocycles. The summed E-state index contributed by atoms with van der Waals surface area (Å²) in [5.74, 6) is 0.176. The molecule has 0 aliphatic rings. The van der Waals surface area contributed by atoms with Gasteiger partial charge in [0.1, 0.15) is 5.78 Å². The van der Waals surface area contributed by atoms with Crippen molar-refractivity contribution in [2.45, 2.75) is 33.6 Å². The Labute approximate surface area is 109 Å². The van der Waals surface area contributed by atoms with Crippen LogP contribution >= 0.6 is 0 Å². The van der Waals surface area contributed by atoms with E-state index in [-0.39, 0.29) is 17.6 Å². The molecule has 0 aliphatic heterocycles. The van der Waals surface area contributed by atoms with E-state index < -0.39 is 0 Å². The lowest BCUT2D eigenvalue weighted by atomic mass is 10.0. The van der Waals surface area contributed by atoms with Crippen molar-refractivity contribution in [3.63, 3.8) is 0 Å². The summed E-state index contributed by atoms with van der Waals surface area (Å²) in [5.41, 5.74) is 1.76. The zero-order valence-corrected chi connectivity index (χ0v) is 11.3. The van der Waals surface area contributed by atoms with Crippen LogP contribution in [0.1, 0.15) is 42.6 Å². The van der Waals surface area contributed by atoms with Gasteiger partial charge in [0.2, 0.25) is 0 Å². The topological polar surface area (TPSA) is 46.2 Å². The highest BCUT2D eigenvalue weighted by atomic mass is 16.1. The number of nitrogens with one attached hydrogen (secondary N) is 1. The van der Waals surface area contributed by atoms with Crippen molar-refractivity contribution in [3.05, 3.63) is 35.4 Å². The molecule has 1 N–H and O–H groups in total. The van der Waals surface area contributed by atoms with Gasteiger partial charge in [0.15, 0.2) is 0 Å². The van der Waals surface area contributed by atoms with Crippen LogP contribution in [0.2, 0.25) is 0 Å². The number of ketones is 1. The Balaban J connectivity index is 2.38. The van der Waals surface area contributed by atoms with Crippen molar-refractivity contribution < 1.29 is 9.59 Å². The molecule has 3 heteroatoms. The second-order valence-electron chi connectivity index (χ2n) is 4.65. The number of hydrogen-bond donors (Lipinski definition) is 1. The smallest absolute Gasteiger partial charge is 0.251 e. The van der Waals surface area contributed by atoms with Crippen LogP contribution < -0.4 is 5.32 Å². The number of aryl methyl sites for hydroxylation is 1. The van der Waals surface area contributed by atoms with E-state index in [1.54, 1.807) is 12.1 Å². The first kappa shape index (κ1) is 14.4. The molecule has 0 spiro atoms. The maximum absolute atomic E-state index is 11.8. The molecule has 0 saturated carbocycles. The fraction of sp³-hybridized carbons (Fsp3) is 0.467.